The molecule has 0 unspecified atom stereocenters. The number of halogens is 2. The van der Waals surface area contributed by atoms with Gasteiger partial charge in [0.05, 0.1) is 0 Å². The first-order valence-corrected chi connectivity index (χ1v) is 6.44. The van der Waals surface area contributed by atoms with Crippen LogP contribution in [0.5, 0.6) is 0 Å². The number of carbonyl (C=O) groups excluding carboxylic acids is 1. The van der Waals surface area contributed by atoms with Crippen LogP contribution in [0.1, 0.15) is 19.8 Å². The third-order valence-corrected chi connectivity index (χ3v) is 3.79. The van der Waals surface area contributed by atoms with Crippen LogP contribution in [0.2, 0.25) is 0 Å². The van der Waals surface area contributed by atoms with E-state index in [0.29, 0.717) is 0 Å². The first kappa shape index (κ1) is 18.0. The van der Waals surface area contributed by atoms with Gasteiger partial charge < -0.3 is 10.2 Å². The van der Waals surface area contributed by atoms with Crippen molar-refractivity contribution in [2.24, 2.45) is 5.92 Å². The molecular weight excluding hydrogens is 273 g/mol. The van der Waals surface area contributed by atoms with Crippen LogP contribution in [0, 0.1) is 5.92 Å². The van der Waals surface area contributed by atoms with Crippen LogP contribution in [0.15, 0.2) is 0 Å². The van der Waals surface area contributed by atoms with Crippen LogP contribution in [0.4, 0.5) is 0 Å². The van der Waals surface area contributed by atoms with Gasteiger partial charge in [-0.05, 0) is 31.8 Å². The monoisotopic (exact) mass is 297 g/mol. The fraction of sp³-hybridized carbons (Fsp3) is 0.917. The molecule has 0 aromatic carbocycles. The number of piperidine rings is 1. The van der Waals surface area contributed by atoms with E-state index in [0.717, 1.165) is 32.1 Å². The highest BCUT2D eigenvalue weighted by Gasteiger charge is 2.21. The van der Waals surface area contributed by atoms with E-state index in [4.69, 9.17) is 0 Å². The molecule has 0 bridgehead atoms. The fourth-order valence-corrected chi connectivity index (χ4v) is 2.67. The third kappa shape index (κ3) is 5.31. The molecule has 1 N–H and O–H groups in total. The third-order valence-electron chi connectivity index (χ3n) is 3.79. The van der Waals surface area contributed by atoms with Crippen molar-refractivity contribution in [3.05, 3.63) is 0 Å². The van der Waals surface area contributed by atoms with Crippen molar-refractivity contribution in [2.75, 3.05) is 45.8 Å². The summed E-state index contributed by atoms with van der Waals surface area (Å²) in [5.41, 5.74) is 0. The molecule has 2 fully saturated rings. The van der Waals surface area contributed by atoms with Crippen molar-refractivity contribution >= 4 is 30.7 Å². The molecule has 0 aromatic rings. The second-order valence-corrected chi connectivity index (χ2v) is 5.00. The molecule has 4 nitrogen and oxygen atoms in total. The van der Waals surface area contributed by atoms with Crippen molar-refractivity contribution in [1.29, 1.82) is 0 Å². The lowest BCUT2D eigenvalue weighted by Crippen LogP contribution is -2.49. The normalized spacial score (nSPS) is 21.9. The minimum Gasteiger partial charge on any atom is -0.340 e. The molecule has 2 saturated heterocycles. The Hall–Kier alpha value is -0.0300. The predicted molar refractivity (Wildman–Crippen MR) is 78.8 cm³/mol. The Morgan fingerprint density at radius 2 is 1.67 bits per heavy atom. The van der Waals surface area contributed by atoms with Crippen molar-refractivity contribution in [3.8, 4) is 0 Å². The van der Waals surface area contributed by atoms with E-state index < -0.39 is 0 Å². The SMILES string of the molecule is CC(=O)N1CCN(CC2CCNCC2)CC1.Cl.Cl. The Morgan fingerprint density at radius 1 is 1.11 bits per heavy atom. The van der Waals surface area contributed by atoms with Gasteiger partial charge in [0, 0.05) is 39.6 Å². The molecule has 0 radical (unpaired) electrons. The second-order valence-electron chi connectivity index (χ2n) is 5.00. The number of nitrogens with one attached hydrogen (secondary N) is 1. The number of carbonyl (C=O) groups is 1. The summed E-state index contributed by atoms with van der Waals surface area (Å²) in [6.45, 7) is 9.21. The number of rotatable bonds is 2. The van der Waals surface area contributed by atoms with Gasteiger partial charge in [-0.25, -0.2) is 0 Å². The standard InChI is InChI=1S/C12H23N3O.2ClH/c1-11(16)15-8-6-14(7-9-15)10-12-2-4-13-5-3-12;;/h12-13H,2-10H2,1H3;2*1H. The van der Waals surface area contributed by atoms with Crippen molar-refractivity contribution in [3.63, 3.8) is 0 Å². The highest BCUT2D eigenvalue weighted by atomic mass is 35.5. The molecule has 108 valence electrons. The van der Waals surface area contributed by atoms with E-state index in [1.54, 1.807) is 6.92 Å². The van der Waals surface area contributed by atoms with Gasteiger partial charge in [0.1, 0.15) is 0 Å². The first-order valence-electron chi connectivity index (χ1n) is 6.44. The molecule has 1 amide bonds. The maximum Gasteiger partial charge on any atom is 0.219 e. The molecule has 6 heteroatoms. The largest absolute Gasteiger partial charge is 0.340 e. The van der Waals surface area contributed by atoms with Gasteiger partial charge in [-0.3, -0.25) is 9.69 Å². The lowest BCUT2D eigenvalue weighted by atomic mass is 9.97. The van der Waals surface area contributed by atoms with Crippen LogP contribution in [-0.4, -0.2) is 61.5 Å². The van der Waals surface area contributed by atoms with Gasteiger partial charge in [-0.2, -0.15) is 0 Å². The van der Waals surface area contributed by atoms with Crippen LogP contribution in [-0.2, 0) is 4.79 Å². The zero-order valence-electron chi connectivity index (χ0n) is 11.1. The Balaban J connectivity index is 0.00000144. The topological polar surface area (TPSA) is 35.6 Å². The van der Waals surface area contributed by atoms with Crippen LogP contribution in [0.3, 0.4) is 0 Å². The molecular formula is C12H25Cl2N3O. The molecule has 2 aliphatic rings. The predicted octanol–water partition coefficient (Wildman–Crippen LogP) is 0.994. The van der Waals surface area contributed by atoms with E-state index in [1.165, 1.54) is 32.5 Å². The molecule has 2 rings (SSSR count). The minimum atomic E-state index is 0. The molecule has 2 heterocycles. The van der Waals surface area contributed by atoms with Crippen LogP contribution in [0.25, 0.3) is 0 Å². The van der Waals surface area contributed by atoms with Crippen LogP contribution >= 0.6 is 24.8 Å². The van der Waals surface area contributed by atoms with Gasteiger partial charge in [0.15, 0.2) is 0 Å². The number of nitrogens with zero attached hydrogens (tertiary/aromatic N) is 2. The van der Waals surface area contributed by atoms with E-state index in [-0.39, 0.29) is 30.7 Å². The highest BCUT2D eigenvalue weighted by molar-refractivity contribution is 5.85. The maximum atomic E-state index is 11.2. The van der Waals surface area contributed by atoms with E-state index in [2.05, 4.69) is 10.2 Å². The van der Waals surface area contributed by atoms with Gasteiger partial charge in [0.2, 0.25) is 5.91 Å². The van der Waals surface area contributed by atoms with Crippen LogP contribution < -0.4 is 5.32 Å². The van der Waals surface area contributed by atoms with Gasteiger partial charge in [-0.1, -0.05) is 0 Å². The van der Waals surface area contributed by atoms with Crippen molar-refractivity contribution in [2.45, 2.75) is 19.8 Å². The molecule has 18 heavy (non-hydrogen) atoms. The average Bonchev–Trinajstić information content (AvgIpc) is 2.31. The van der Waals surface area contributed by atoms with Crippen molar-refractivity contribution in [1.82, 2.24) is 15.1 Å². The number of amides is 1. The first-order chi connectivity index (χ1) is 7.75. The highest BCUT2D eigenvalue weighted by Crippen LogP contribution is 2.14. The number of hydrogen-bond acceptors (Lipinski definition) is 3. The smallest absolute Gasteiger partial charge is 0.219 e. The Kier molecular flexibility index (Phi) is 8.95. The Bertz CT molecular complexity index is 239. The molecule has 0 aromatic heterocycles. The Labute approximate surface area is 122 Å². The fourth-order valence-electron chi connectivity index (χ4n) is 2.67. The zero-order chi connectivity index (χ0) is 11.4. The van der Waals surface area contributed by atoms with E-state index in [1.807, 2.05) is 4.90 Å². The molecule has 0 spiro atoms. The quantitative estimate of drug-likeness (QED) is 0.826. The van der Waals surface area contributed by atoms with E-state index in [9.17, 15) is 4.79 Å². The minimum absolute atomic E-state index is 0. The summed E-state index contributed by atoms with van der Waals surface area (Å²) >= 11 is 0. The summed E-state index contributed by atoms with van der Waals surface area (Å²) in [6.07, 6.45) is 2.62. The van der Waals surface area contributed by atoms with E-state index >= 15 is 0 Å². The summed E-state index contributed by atoms with van der Waals surface area (Å²) in [7, 11) is 0. The number of hydrogen-bond donors (Lipinski definition) is 1. The summed E-state index contributed by atoms with van der Waals surface area (Å²) in [5, 5.41) is 3.40. The summed E-state index contributed by atoms with van der Waals surface area (Å²) < 4.78 is 0. The summed E-state index contributed by atoms with van der Waals surface area (Å²) in [5.74, 6) is 1.09. The zero-order valence-corrected chi connectivity index (χ0v) is 12.7. The summed E-state index contributed by atoms with van der Waals surface area (Å²) in [4.78, 5) is 15.7. The Morgan fingerprint density at radius 3 is 2.17 bits per heavy atom. The molecule has 0 atom stereocenters. The number of piperazine rings is 1. The lowest BCUT2D eigenvalue weighted by Gasteiger charge is -2.36. The second kappa shape index (κ2) is 8.97. The van der Waals surface area contributed by atoms with Crippen molar-refractivity contribution < 1.29 is 4.79 Å². The molecule has 0 saturated carbocycles. The molecule has 2 aliphatic heterocycles. The van der Waals surface area contributed by atoms with Gasteiger partial charge >= 0.3 is 0 Å². The molecule has 0 aliphatic carbocycles. The average molecular weight is 298 g/mol. The lowest BCUT2D eigenvalue weighted by molar-refractivity contribution is -0.130. The summed E-state index contributed by atoms with van der Waals surface area (Å²) in [6, 6.07) is 0. The maximum absolute atomic E-state index is 11.2. The van der Waals surface area contributed by atoms with Gasteiger partial charge in [-0.15, -0.1) is 24.8 Å². The van der Waals surface area contributed by atoms with Gasteiger partial charge in [0.25, 0.3) is 0 Å².